The summed E-state index contributed by atoms with van der Waals surface area (Å²) in [6, 6.07) is 22.3. The molecule has 0 bridgehead atoms. The second kappa shape index (κ2) is 10.4. The minimum Gasteiger partial charge on any atom is -0.272 e. The molecule has 1 amide bonds. The molecule has 0 aliphatic carbocycles. The van der Waals surface area contributed by atoms with Crippen LogP contribution in [0.5, 0.6) is 0 Å². The first-order chi connectivity index (χ1) is 16.3. The molecule has 4 aromatic rings. The summed E-state index contributed by atoms with van der Waals surface area (Å²) in [7, 11) is 0. The Morgan fingerprint density at radius 3 is 2.41 bits per heavy atom. The average molecular weight is 490 g/mol. The highest BCUT2D eigenvalue weighted by Crippen LogP contribution is 2.30. The molecule has 2 aromatic carbocycles. The van der Waals surface area contributed by atoms with Crippen LogP contribution in [-0.4, -0.2) is 32.1 Å². The molecule has 2 aromatic heterocycles. The lowest BCUT2D eigenvalue weighted by atomic mass is 9.87. The number of thiophene rings is 1. The minimum atomic E-state index is -0.195. The van der Waals surface area contributed by atoms with E-state index in [1.54, 1.807) is 11.3 Å². The molecule has 4 rings (SSSR count). The van der Waals surface area contributed by atoms with E-state index in [-0.39, 0.29) is 17.1 Å². The first-order valence-corrected chi connectivity index (χ1v) is 12.8. The SMILES string of the molecule is C/C(=N/NC(=O)CSc1nnc(-c2ccc(C(C)(C)C)cc2)n1-c1ccccc1)c1cccs1. The Bertz CT molecular complexity index is 1270. The van der Waals surface area contributed by atoms with Crippen molar-refractivity contribution in [1.29, 1.82) is 0 Å². The molecule has 2 heterocycles. The zero-order chi connectivity index (χ0) is 24.1. The van der Waals surface area contributed by atoms with Gasteiger partial charge in [0.25, 0.3) is 5.91 Å². The first-order valence-electron chi connectivity index (χ1n) is 10.9. The van der Waals surface area contributed by atoms with E-state index in [0.717, 1.165) is 27.7 Å². The summed E-state index contributed by atoms with van der Waals surface area (Å²) in [4.78, 5) is 13.5. The summed E-state index contributed by atoms with van der Waals surface area (Å²) in [5, 5.41) is 15.7. The van der Waals surface area contributed by atoms with Gasteiger partial charge in [-0.05, 0) is 41.5 Å². The van der Waals surface area contributed by atoms with Crippen LogP contribution in [0.4, 0.5) is 0 Å². The molecule has 0 aliphatic heterocycles. The average Bonchev–Trinajstić information content (AvgIpc) is 3.52. The molecule has 0 aliphatic rings. The Morgan fingerprint density at radius 2 is 1.76 bits per heavy atom. The van der Waals surface area contributed by atoms with E-state index in [1.165, 1.54) is 17.3 Å². The van der Waals surface area contributed by atoms with Crippen molar-refractivity contribution in [3.63, 3.8) is 0 Å². The highest BCUT2D eigenvalue weighted by molar-refractivity contribution is 7.99. The lowest BCUT2D eigenvalue weighted by molar-refractivity contribution is -0.118. The second-order valence-corrected chi connectivity index (χ2v) is 10.7. The van der Waals surface area contributed by atoms with Crippen LogP contribution in [0.25, 0.3) is 17.1 Å². The Labute approximate surface area is 208 Å². The lowest BCUT2D eigenvalue weighted by Crippen LogP contribution is -2.21. The Hall–Kier alpha value is -3.23. The summed E-state index contributed by atoms with van der Waals surface area (Å²) in [6.45, 7) is 8.46. The molecule has 34 heavy (non-hydrogen) atoms. The highest BCUT2D eigenvalue weighted by atomic mass is 32.2. The first kappa shape index (κ1) is 23.9. The molecule has 0 saturated carbocycles. The fraction of sp³-hybridized carbons (Fsp3) is 0.231. The number of nitrogens with one attached hydrogen (secondary N) is 1. The molecule has 6 nitrogen and oxygen atoms in total. The van der Waals surface area contributed by atoms with Crippen molar-refractivity contribution in [1.82, 2.24) is 20.2 Å². The maximum atomic E-state index is 12.5. The molecular weight excluding hydrogens is 462 g/mol. The summed E-state index contributed by atoms with van der Waals surface area (Å²) in [5.41, 5.74) is 6.66. The number of benzene rings is 2. The van der Waals surface area contributed by atoms with Crippen LogP contribution in [0.2, 0.25) is 0 Å². The van der Waals surface area contributed by atoms with Crippen LogP contribution in [-0.2, 0) is 10.2 Å². The summed E-state index contributed by atoms with van der Waals surface area (Å²) in [5.74, 6) is 0.718. The number of nitrogens with zero attached hydrogens (tertiary/aromatic N) is 4. The van der Waals surface area contributed by atoms with E-state index in [9.17, 15) is 4.79 Å². The van der Waals surface area contributed by atoms with E-state index in [1.807, 2.05) is 59.3 Å². The number of thioether (sulfide) groups is 1. The van der Waals surface area contributed by atoms with Crippen molar-refractivity contribution in [2.24, 2.45) is 5.10 Å². The van der Waals surface area contributed by atoms with Gasteiger partial charge in [0.2, 0.25) is 0 Å². The third kappa shape index (κ3) is 5.63. The van der Waals surface area contributed by atoms with Crippen LogP contribution >= 0.6 is 23.1 Å². The number of amides is 1. The fourth-order valence-electron chi connectivity index (χ4n) is 3.33. The number of hydrogen-bond donors (Lipinski definition) is 1. The number of carbonyl (C=O) groups is 1. The molecule has 0 spiro atoms. The van der Waals surface area contributed by atoms with Gasteiger partial charge in [0.15, 0.2) is 11.0 Å². The number of aromatic nitrogens is 3. The Balaban J connectivity index is 1.55. The summed E-state index contributed by atoms with van der Waals surface area (Å²) >= 11 is 2.92. The van der Waals surface area contributed by atoms with Crippen LogP contribution in [0.1, 0.15) is 38.1 Å². The van der Waals surface area contributed by atoms with Gasteiger partial charge in [-0.3, -0.25) is 9.36 Å². The standard InChI is InChI=1S/C26H27N5OS2/c1-18(22-11-8-16-33-22)27-28-23(32)17-34-25-30-29-24(31(25)21-9-6-5-7-10-21)19-12-14-20(15-13-19)26(2,3)4/h5-16H,17H2,1-4H3,(H,28,32)/b27-18-. The zero-order valence-corrected chi connectivity index (χ0v) is 21.3. The largest absolute Gasteiger partial charge is 0.272 e. The molecule has 0 fully saturated rings. The fourth-order valence-corrected chi connectivity index (χ4v) is 4.75. The molecule has 8 heteroatoms. The highest BCUT2D eigenvalue weighted by Gasteiger charge is 2.19. The Morgan fingerprint density at radius 1 is 1.03 bits per heavy atom. The lowest BCUT2D eigenvalue weighted by Gasteiger charge is -2.19. The predicted molar refractivity (Wildman–Crippen MR) is 141 cm³/mol. The number of hydrogen-bond acceptors (Lipinski definition) is 6. The number of hydrazone groups is 1. The van der Waals surface area contributed by atoms with Crippen molar-refractivity contribution in [2.45, 2.75) is 38.3 Å². The molecule has 0 unspecified atom stereocenters. The van der Waals surface area contributed by atoms with Gasteiger partial charge in [-0.1, -0.05) is 81.1 Å². The topological polar surface area (TPSA) is 72.2 Å². The van der Waals surface area contributed by atoms with Crippen LogP contribution in [0.3, 0.4) is 0 Å². The molecule has 174 valence electrons. The van der Waals surface area contributed by atoms with Gasteiger partial charge in [0, 0.05) is 16.1 Å². The molecule has 1 N–H and O–H groups in total. The van der Waals surface area contributed by atoms with Crippen LogP contribution in [0.15, 0.2) is 82.4 Å². The maximum absolute atomic E-state index is 12.5. The zero-order valence-electron chi connectivity index (χ0n) is 19.6. The minimum absolute atomic E-state index is 0.0738. The van der Waals surface area contributed by atoms with Crippen LogP contribution < -0.4 is 5.43 Å². The van der Waals surface area contributed by atoms with Crippen molar-refractivity contribution in [3.05, 3.63) is 82.6 Å². The van der Waals surface area contributed by atoms with Gasteiger partial charge in [-0.15, -0.1) is 21.5 Å². The quantitative estimate of drug-likeness (QED) is 0.199. The van der Waals surface area contributed by atoms with Crippen molar-refractivity contribution >= 4 is 34.7 Å². The number of para-hydroxylation sites is 1. The van der Waals surface area contributed by atoms with Crippen molar-refractivity contribution in [2.75, 3.05) is 5.75 Å². The third-order valence-electron chi connectivity index (χ3n) is 5.22. The number of rotatable bonds is 7. The van der Waals surface area contributed by atoms with E-state index in [0.29, 0.717) is 5.16 Å². The van der Waals surface area contributed by atoms with Crippen LogP contribution in [0, 0.1) is 0 Å². The van der Waals surface area contributed by atoms with Gasteiger partial charge in [0.1, 0.15) is 0 Å². The summed E-state index contributed by atoms with van der Waals surface area (Å²) in [6.07, 6.45) is 0. The van der Waals surface area contributed by atoms with Gasteiger partial charge in [-0.25, -0.2) is 5.43 Å². The van der Waals surface area contributed by atoms with Gasteiger partial charge < -0.3 is 0 Å². The van der Waals surface area contributed by atoms with E-state index in [4.69, 9.17) is 0 Å². The van der Waals surface area contributed by atoms with E-state index in [2.05, 4.69) is 65.8 Å². The smallest absolute Gasteiger partial charge is 0.250 e. The Kier molecular flexibility index (Phi) is 7.29. The number of carbonyl (C=O) groups excluding carboxylic acids is 1. The predicted octanol–water partition coefficient (Wildman–Crippen LogP) is 5.93. The van der Waals surface area contributed by atoms with Gasteiger partial charge in [-0.2, -0.15) is 5.10 Å². The van der Waals surface area contributed by atoms with E-state index >= 15 is 0 Å². The van der Waals surface area contributed by atoms with Crippen molar-refractivity contribution in [3.8, 4) is 17.1 Å². The van der Waals surface area contributed by atoms with Gasteiger partial charge >= 0.3 is 0 Å². The van der Waals surface area contributed by atoms with E-state index < -0.39 is 0 Å². The molecule has 0 saturated heterocycles. The molecule has 0 radical (unpaired) electrons. The van der Waals surface area contributed by atoms with Crippen molar-refractivity contribution < 1.29 is 4.79 Å². The molecule has 0 atom stereocenters. The normalized spacial score (nSPS) is 12.1. The monoisotopic (exact) mass is 489 g/mol. The maximum Gasteiger partial charge on any atom is 0.250 e. The summed E-state index contributed by atoms with van der Waals surface area (Å²) < 4.78 is 1.99. The molecular formula is C26H27N5OS2. The van der Waals surface area contributed by atoms with Gasteiger partial charge in [0.05, 0.1) is 11.5 Å². The third-order valence-corrected chi connectivity index (χ3v) is 7.12. The second-order valence-electron chi connectivity index (χ2n) is 8.80.